The van der Waals surface area contributed by atoms with Gasteiger partial charge in [-0.15, -0.1) is 36.2 Å². The lowest BCUT2D eigenvalue weighted by molar-refractivity contribution is -0.121. The fourth-order valence-corrected chi connectivity index (χ4v) is 3.73. The van der Waals surface area contributed by atoms with Gasteiger partial charge in [-0.2, -0.15) is 11.8 Å². The molecule has 2 heterocycles. The molecule has 1 unspecified atom stereocenters. The van der Waals surface area contributed by atoms with Crippen molar-refractivity contribution in [3.8, 4) is 0 Å². The second kappa shape index (κ2) is 11.5. The van der Waals surface area contributed by atoms with Crippen LogP contribution in [0.3, 0.4) is 0 Å². The van der Waals surface area contributed by atoms with Crippen LogP contribution in [-0.2, 0) is 17.6 Å². The number of amides is 1. The molecule has 4 nitrogen and oxygen atoms in total. The topological polar surface area (TPSA) is 54.0 Å². The maximum Gasteiger partial charge on any atom is 0.221 e. The van der Waals surface area contributed by atoms with Crippen molar-refractivity contribution in [1.82, 2.24) is 15.6 Å². The van der Waals surface area contributed by atoms with E-state index in [-0.39, 0.29) is 30.7 Å². The summed E-state index contributed by atoms with van der Waals surface area (Å²) in [6.45, 7) is 3.81. The maximum atomic E-state index is 11.8. The summed E-state index contributed by atoms with van der Waals surface area (Å²) in [7, 11) is 0. The highest BCUT2D eigenvalue weighted by molar-refractivity contribution is 7.99. The molecule has 2 rings (SSSR count). The Balaban J connectivity index is 0.00000200. The molecule has 0 spiro atoms. The molecular weight excluding hydrogens is 349 g/mol. The number of aryl methyl sites for hydroxylation is 1. The summed E-state index contributed by atoms with van der Waals surface area (Å²) in [5, 5.41) is 9.62. The van der Waals surface area contributed by atoms with Crippen LogP contribution in [-0.4, -0.2) is 41.5 Å². The number of hydrogen-bond acceptors (Lipinski definition) is 5. The Kier molecular flexibility index (Phi) is 11.5. The van der Waals surface area contributed by atoms with Crippen molar-refractivity contribution in [2.24, 2.45) is 0 Å². The molecule has 0 radical (unpaired) electrons. The van der Waals surface area contributed by atoms with E-state index in [9.17, 15) is 4.79 Å². The predicted octanol–water partition coefficient (Wildman–Crippen LogP) is 2.30. The Bertz CT molecular complexity index is 412. The van der Waals surface area contributed by atoms with E-state index >= 15 is 0 Å². The maximum absolute atomic E-state index is 11.8. The highest BCUT2D eigenvalue weighted by Gasteiger charge is 2.16. The van der Waals surface area contributed by atoms with Crippen molar-refractivity contribution in [2.75, 3.05) is 24.6 Å². The Morgan fingerprint density at radius 2 is 2.33 bits per heavy atom. The normalized spacial score (nSPS) is 17.5. The van der Waals surface area contributed by atoms with Crippen LogP contribution in [0.25, 0.3) is 0 Å². The molecule has 1 aliphatic rings. The van der Waals surface area contributed by atoms with Gasteiger partial charge in [-0.05, 0) is 6.42 Å². The SMILES string of the molecule is CCc1nc(CCNC(=O)CC2CSCCN2)cs1.Cl.Cl. The van der Waals surface area contributed by atoms with Crippen LogP contribution in [0.1, 0.15) is 24.0 Å². The number of rotatable bonds is 6. The van der Waals surface area contributed by atoms with Crippen LogP contribution < -0.4 is 10.6 Å². The molecule has 1 aromatic rings. The van der Waals surface area contributed by atoms with Gasteiger partial charge in [0.05, 0.1) is 10.7 Å². The van der Waals surface area contributed by atoms with Gasteiger partial charge in [-0.1, -0.05) is 6.92 Å². The third-order valence-corrected chi connectivity index (χ3v) is 5.21. The highest BCUT2D eigenvalue weighted by atomic mass is 35.5. The first kappa shape index (κ1) is 21.0. The first-order valence-corrected chi connectivity index (χ1v) is 8.82. The Morgan fingerprint density at radius 3 is 2.95 bits per heavy atom. The van der Waals surface area contributed by atoms with Crippen molar-refractivity contribution in [3.05, 3.63) is 16.1 Å². The molecule has 1 atom stereocenters. The van der Waals surface area contributed by atoms with Gasteiger partial charge in [0, 0.05) is 48.9 Å². The van der Waals surface area contributed by atoms with E-state index in [1.165, 1.54) is 5.01 Å². The van der Waals surface area contributed by atoms with Crippen LogP contribution in [0.2, 0.25) is 0 Å². The molecule has 0 bridgehead atoms. The van der Waals surface area contributed by atoms with Gasteiger partial charge in [0.2, 0.25) is 5.91 Å². The number of thioether (sulfide) groups is 1. The quantitative estimate of drug-likeness (QED) is 0.805. The van der Waals surface area contributed by atoms with E-state index in [1.807, 2.05) is 11.8 Å². The molecule has 0 aliphatic carbocycles. The number of halogens is 2. The van der Waals surface area contributed by atoms with Crippen molar-refractivity contribution >= 4 is 53.8 Å². The Morgan fingerprint density at radius 1 is 1.52 bits per heavy atom. The number of nitrogens with one attached hydrogen (secondary N) is 2. The summed E-state index contributed by atoms with van der Waals surface area (Å²) in [5.41, 5.74) is 1.09. The summed E-state index contributed by atoms with van der Waals surface area (Å²) in [5.74, 6) is 2.34. The zero-order valence-corrected chi connectivity index (χ0v) is 15.4. The fourth-order valence-electron chi connectivity index (χ4n) is 2.00. The summed E-state index contributed by atoms with van der Waals surface area (Å²) in [6, 6.07) is 0.338. The van der Waals surface area contributed by atoms with E-state index in [0.717, 1.165) is 36.6 Å². The number of hydrogen-bond donors (Lipinski definition) is 2. The van der Waals surface area contributed by atoms with Gasteiger partial charge in [-0.3, -0.25) is 4.79 Å². The summed E-state index contributed by atoms with van der Waals surface area (Å²) in [6.07, 6.45) is 2.40. The molecule has 0 aromatic carbocycles. The van der Waals surface area contributed by atoms with Gasteiger partial charge in [0.25, 0.3) is 0 Å². The summed E-state index contributed by atoms with van der Waals surface area (Å²) in [4.78, 5) is 16.3. The molecule has 0 saturated carbocycles. The third-order valence-electron chi connectivity index (χ3n) is 3.04. The molecule has 1 saturated heterocycles. The summed E-state index contributed by atoms with van der Waals surface area (Å²) >= 11 is 3.62. The number of aromatic nitrogens is 1. The molecular formula is C13H23Cl2N3OS2. The minimum absolute atomic E-state index is 0. The molecule has 122 valence electrons. The zero-order chi connectivity index (χ0) is 13.5. The summed E-state index contributed by atoms with van der Waals surface area (Å²) < 4.78 is 0. The minimum Gasteiger partial charge on any atom is -0.356 e. The van der Waals surface area contributed by atoms with Crippen molar-refractivity contribution in [3.63, 3.8) is 0 Å². The van der Waals surface area contributed by atoms with Gasteiger partial charge in [0.1, 0.15) is 0 Å². The lowest BCUT2D eigenvalue weighted by Gasteiger charge is -2.22. The van der Waals surface area contributed by atoms with E-state index in [4.69, 9.17) is 0 Å². The number of thiazole rings is 1. The van der Waals surface area contributed by atoms with E-state index in [0.29, 0.717) is 19.0 Å². The van der Waals surface area contributed by atoms with Crippen molar-refractivity contribution in [2.45, 2.75) is 32.2 Å². The lowest BCUT2D eigenvalue weighted by Crippen LogP contribution is -2.41. The molecule has 1 amide bonds. The number of nitrogens with zero attached hydrogens (tertiary/aromatic N) is 1. The predicted molar refractivity (Wildman–Crippen MR) is 96.4 cm³/mol. The number of carbonyl (C=O) groups is 1. The Hall–Kier alpha value is -0.0100. The third kappa shape index (κ3) is 7.70. The molecule has 1 fully saturated rings. The first-order valence-electron chi connectivity index (χ1n) is 6.79. The van der Waals surface area contributed by atoms with Crippen LogP contribution in [0, 0.1) is 0 Å². The Labute approximate surface area is 147 Å². The van der Waals surface area contributed by atoms with Crippen molar-refractivity contribution in [1.29, 1.82) is 0 Å². The number of carbonyl (C=O) groups excluding carboxylic acids is 1. The van der Waals surface area contributed by atoms with Gasteiger partial charge in [0.15, 0.2) is 0 Å². The van der Waals surface area contributed by atoms with Gasteiger partial charge < -0.3 is 10.6 Å². The van der Waals surface area contributed by atoms with Crippen molar-refractivity contribution < 1.29 is 4.79 Å². The standard InChI is InChI=1S/C13H21N3OS2.2ClH/c1-2-13-16-10(9-19-13)3-4-15-12(17)7-11-8-18-6-5-14-11;;/h9,11,14H,2-8H2,1H3,(H,15,17);2*1H. The minimum atomic E-state index is 0. The van der Waals surface area contributed by atoms with E-state index in [2.05, 4.69) is 27.9 Å². The van der Waals surface area contributed by atoms with Gasteiger partial charge in [-0.25, -0.2) is 4.98 Å². The van der Waals surface area contributed by atoms with Crippen LogP contribution in [0.4, 0.5) is 0 Å². The van der Waals surface area contributed by atoms with E-state index < -0.39 is 0 Å². The first-order chi connectivity index (χ1) is 9.28. The molecule has 8 heteroatoms. The largest absolute Gasteiger partial charge is 0.356 e. The van der Waals surface area contributed by atoms with E-state index in [1.54, 1.807) is 11.3 Å². The highest BCUT2D eigenvalue weighted by Crippen LogP contribution is 2.11. The van der Waals surface area contributed by atoms with Crippen LogP contribution in [0.15, 0.2) is 5.38 Å². The zero-order valence-electron chi connectivity index (χ0n) is 12.1. The average molecular weight is 372 g/mol. The molecule has 2 N–H and O–H groups in total. The lowest BCUT2D eigenvalue weighted by atomic mass is 10.2. The molecule has 1 aliphatic heterocycles. The molecule has 21 heavy (non-hydrogen) atoms. The average Bonchev–Trinajstić information content (AvgIpc) is 2.88. The van der Waals surface area contributed by atoms with Crippen LogP contribution in [0.5, 0.6) is 0 Å². The van der Waals surface area contributed by atoms with Crippen LogP contribution >= 0.6 is 47.9 Å². The monoisotopic (exact) mass is 371 g/mol. The fraction of sp³-hybridized carbons (Fsp3) is 0.692. The second-order valence-electron chi connectivity index (χ2n) is 4.62. The van der Waals surface area contributed by atoms with Gasteiger partial charge >= 0.3 is 0 Å². The molecule has 1 aromatic heterocycles. The smallest absolute Gasteiger partial charge is 0.221 e. The second-order valence-corrected chi connectivity index (χ2v) is 6.71.